The van der Waals surface area contributed by atoms with Gasteiger partial charge in [0.1, 0.15) is 0 Å². The van der Waals surface area contributed by atoms with Crippen molar-refractivity contribution >= 4 is 33.9 Å². The summed E-state index contributed by atoms with van der Waals surface area (Å²) < 4.78 is 18.1. The molecular formula is C4H7NO6P2. The van der Waals surface area contributed by atoms with Crippen LogP contribution in [0.15, 0.2) is 0 Å². The third-order valence-corrected chi connectivity index (χ3v) is 0.0956. The van der Waals surface area contributed by atoms with E-state index in [1.54, 1.807) is 0 Å². The normalized spacial score (nSPS) is 8.69. The molecule has 3 N–H and O–H groups in total. The minimum absolute atomic E-state index is 0.944. The quantitative estimate of drug-likeness (QED) is 0.298. The molecule has 7 nitrogen and oxygen atoms in total. The zero-order valence-electron chi connectivity index (χ0n) is 6.32. The fourth-order valence-electron chi connectivity index (χ4n) is 0. The smallest absolute Gasteiger partial charge is 0.408 e. The second-order valence-corrected chi connectivity index (χ2v) is 2.53. The number of carbonyl (C=O) groups is 1. The van der Waals surface area contributed by atoms with Gasteiger partial charge in [0.2, 0.25) is 15.3 Å². The van der Waals surface area contributed by atoms with E-state index in [0.717, 1.165) is 6.07 Å². The van der Waals surface area contributed by atoms with Gasteiger partial charge < -0.3 is 14.9 Å². The molecule has 0 heterocycles. The molecule has 0 radical (unpaired) electrons. The van der Waals surface area contributed by atoms with Crippen LogP contribution in [0.2, 0.25) is 0 Å². The molecule has 0 aliphatic rings. The Morgan fingerprint density at radius 1 is 1.23 bits per heavy atom. The third-order valence-electron chi connectivity index (χ3n) is 0.0956. The molecule has 2 unspecified atom stereocenters. The summed E-state index contributed by atoms with van der Waals surface area (Å²) in [6.07, 6.45) is 5.41. The predicted octanol–water partition coefficient (Wildman–Crippen LogP) is -0.0992. The fourth-order valence-corrected chi connectivity index (χ4v) is 0. The van der Waals surface area contributed by atoms with E-state index >= 15 is 0 Å². The van der Waals surface area contributed by atoms with Gasteiger partial charge in [-0.1, -0.05) is 0 Å². The van der Waals surface area contributed by atoms with Crippen LogP contribution in [0, 0.1) is 11.3 Å². The van der Waals surface area contributed by atoms with Crippen molar-refractivity contribution < 1.29 is 28.8 Å². The van der Waals surface area contributed by atoms with Crippen molar-refractivity contribution in [3.63, 3.8) is 0 Å². The second kappa shape index (κ2) is 13.4. The Labute approximate surface area is 74.9 Å². The highest BCUT2D eigenvalue weighted by Gasteiger charge is 1.79. The van der Waals surface area contributed by atoms with Crippen LogP contribution in [0.3, 0.4) is 0 Å². The first kappa shape index (κ1) is 17.8. The van der Waals surface area contributed by atoms with Gasteiger partial charge in [0.15, 0.2) is 6.07 Å². The second-order valence-electron chi connectivity index (χ2n) is 1.12. The van der Waals surface area contributed by atoms with E-state index in [4.69, 9.17) is 34.1 Å². The monoisotopic (exact) mass is 227 g/mol. The number of nitrogens with zero attached hydrogens (tertiary/aromatic N) is 1. The van der Waals surface area contributed by atoms with Crippen LogP contribution >= 0.6 is 15.3 Å². The first-order valence-electron chi connectivity index (χ1n) is 2.30. The molecule has 74 valence electrons. The van der Waals surface area contributed by atoms with Crippen molar-refractivity contribution in [1.29, 1.82) is 5.26 Å². The molecule has 0 aromatic heterocycles. The summed E-state index contributed by atoms with van der Waals surface area (Å²) in [6.45, 7) is 0. The van der Waals surface area contributed by atoms with Crippen LogP contribution in [0.5, 0.6) is 0 Å². The summed E-state index contributed by atoms with van der Waals surface area (Å²) >= 11 is 0. The van der Waals surface area contributed by atoms with E-state index in [9.17, 15) is 0 Å². The summed E-state index contributed by atoms with van der Waals surface area (Å²) in [7, 11) is -4.24. The Hall–Kier alpha value is -1.18. The van der Waals surface area contributed by atoms with E-state index in [1.165, 1.54) is 0 Å². The van der Waals surface area contributed by atoms with Crippen molar-refractivity contribution in [1.82, 2.24) is 0 Å². The Balaban J connectivity index is -0.000000117. The van der Waals surface area contributed by atoms with E-state index in [0.29, 0.717) is 0 Å². The molecule has 13 heavy (non-hydrogen) atoms. The van der Waals surface area contributed by atoms with Crippen molar-refractivity contribution in [3.8, 4) is 6.07 Å². The summed E-state index contributed by atoms with van der Waals surface area (Å²) in [5.74, 6) is -1.44. The number of hydrogen-bond donors (Lipinski definition) is 3. The largest absolute Gasteiger partial charge is 0.470 e. The molecular weight excluding hydrogens is 220 g/mol. The average molecular weight is 227 g/mol. The van der Waals surface area contributed by atoms with Crippen molar-refractivity contribution in [2.45, 2.75) is 0 Å². The number of carboxylic acids is 1. The van der Waals surface area contributed by atoms with E-state index in [2.05, 4.69) is 12.6 Å². The number of aliphatic carboxylic acids is 1. The highest BCUT2D eigenvalue weighted by molar-refractivity contribution is 7.36. The first-order chi connectivity index (χ1) is 5.73. The lowest BCUT2D eigenvalue weighted by Gasteiger charge is -1.56. The Morgan fingerprint density at radius 3 is 1.31 bits per heavy atom. The van der Waals surface area contributed by atoms with Crippen LogP contribution < -0.4 is 0 Å². The predicted molar refractivity (Wildman–Crippen MR) is 47.1 cm³/mol. The number of rotatable bonds is 0. The summed E-state index contributed by atoms with van der Waals surface area (Å²) in [5.41, 5.74) is 0. The maximum atomic E-state index is 9.04. The highest BCUT2D eigenvalue weighted by Crippen LogP contribution is 1.83. The van der Waals surface area contributed by atoms with Gasteiger partial charge in [0.25, 0.3) is 0 Å². The SMILES string of the molecule is C=P(=O)O.C=P(=O)O.N#CC(=O)O. The van der Waals surface area contributed by atoms with Crippen LogP contribution in [0.4, 0.5) is 0 Å². The zero-order chi connectivity index (χ0) is 11.4. The molecule has 0 aliphatic heterocycles. The van der Waals surface area contributed by atoms with Crippen LogP contribution in [-0.2, 0) is 13.9 Å². The topological polar surface area (TPSA) is 136 Å². The number of hydrogen-bond acceptors (Lipinski definition) is 4. The average Bonchev–Trinajstić information content (AvgIpc) is 1.84. The molecule has 0 saturated carbocycles. The van der Waals surface area contributed by atoms with Gasteiger partial charge >= 0.3 is 5.97 Å². The maximum Gasteiger partial charge on any atom is 0.408 e. The Kier molecular flexibility index (Phi) is 18.4. The lowest BCUT2D eigenvalue weighted by molar-refractivity contribution is -0.130. The van der Waals surface area contributed by atoms with Gasteiger partial charge in [0.05, 0.1) is 0 Å². The van der Waals surface area contributed by atoms with Gasteiger partial charge in [-0.05, 0) is 12.6 Å². The first-order valence-corrected chi connectivity index (χ1v) is 5.09. The summed E-state index contributed by atoms with van der Waals surface area (Å²) in [5, 5.41) is 14.7. The molecule has 0 aliphatic carbocycles. The lowest BCUT2D eigenvalue weighted by Crippen LogP contribution is -1.83. The standard InChI is InChI=1S/C2HNO2.2CH3O2P/c3-1-2(4)5;2*1-4(2)3/h(H,4,5);2*1H2,(H,2,3). The summed E-state index contributed by atoms with van der Waals surface area (Å²) in [4.78, 5) is 23.9. The Bertz CT molecular complexity index is 273. The minimum Gasteiger partial charge on any atom is -0.470 e. The molecule has 0 fully saturated rings. The molecule has 0 aromatic carbocycles. The van der Waals surface area contributed by atoms with Crippen molar-refractivity contribution in [2.24, 2.45) is 0 Å². The van der Waals surface area contributed by atoms with E-state index in [-0.39, 0.29) is 0 Å². The summed E-state index contributed by atoms with van der Waals surface area (Å²) in [6, 6.07) is 0.944. The lowest BCUT2D eigenvalue weighted by atomic mass is 10.8. The van der Waals surface area contributed by atoms with Crippen LogP contribution in [0.25, 0.3) is 0 Å². The number of nitriles is 1. The molecule has 0 amide bonds. The number of carboxylic acid groups (broad SMARTS) is 1. The molecule has 0 aromatic rings. The molecule has 0 spiro atoms. The van der Waals surface area contributed by atoms with Gasteiger partial charge in [-0.3, -0.25) is 9.13 Å². The van der Waals surface area contributed by atoms with Crippen LogP contribution in [-0.4, -0.2) is 33.5 Å². The van der Waals surface area contributed by atoms with Gasteiger partial charge in [0, 0.05) is 0 Å². The zero-order valence-corrected chi connectivity index (χ0v) is 8.11. The van der Waals surface area contributed by atoms with E-state index in [1.807, 2.05) is 0 Å². The molecule has 0 saturated heterocycles. The van der Waals surface area contributed by atoms with Gasteiger partial charge in [-0.25, -0.2) is 4.79 Å². The fraction of sp³-hybridized carbons (Fsp3) is 0. The van der Waals surface area contributed by atoms with Gasteiger partial charge in [-0.15, -0.1) is 0 Å². The van der Waals surface area contributed by atoms with Crippen molar-refractivity contribution in [3.05, 3.63) is 0 Å². The molecule has 0 bridgehead atoms. The molecule has 2 atom stereocenters. The van der Waals surface area contributed by atoms with Crippen molar-refractivity contribution in [2.75, 3.05) is 0 Å². The molecule has 0 rings (SSSR count). The van der Waals surface area contributed by atoms with Gasteiger partial charge in [-0.2, -0.15) is 5.26 Å². The third kappa shape index (κ3) is 1250. The van der Waals surface area contributed by atoms with Crippen LogP contribution in [0.1, 0.15) is 0 Å². The van der Waals surface area contributed by atoms with E-state index < -0.39 is 21.3 Å². The highest BCUT2D eigenvalue weighted by atomic mass is 31.1. The minimum atomic E-state index is -2.12. The molecule has 9 heteroatoms. The Morgan fingerprint density at radius 2 is 1.31 bits per heavy atom. The maximum absolute atomic E-state index is 9.04.